The van der Waals surface area contributed by atoms with Crippen molar-refractivity contribution in [2.24, 2.45) is 17.8 Å². The summed E-state index contributed by atoms with van der Waals surface area (Å²) in [6.07, 6.45) is 0. The largest absolute Gasteiger partial charge is 0.312 e. The number of nitrogens with one attached hydrogen (secondary N) is 1. The van der Waals surface area contributed by atoms with Crippen LogP contribution in [0, 0.1) is 23.6 Å². The lowest BCUT2D eigenvalue weighted by atomic mass is 9.85. The predicted molar refractivity (Wildman–Crippen MR) is 76.3 cm³/mol. The highest BCUT2D eigenvalue weighted by atomic mass is 35.5. The third-order valence-electron chi connectivity index (χ3n) is 3.42. The molecule has 102 valence electrons. The molecule has 0 heterocycles. The van der Waals surface area contributed by atoms with Crippen molar-refractivity contribution in [3.8, 4) is 0 Å². The molecule has 0 atom stereocenters. The molecule has 1 N–H and O–H groups in total. The molecule has 0 aliphatic carbocycles. The Morgan fingerprint density at radius 1 is 1.17 bits per heavy atom. The van der Waals surface area contributed by atoms with Gasteiger partial charge >= 0.3 is 0 Å². The third-order valence-corrected chi connectivity index (χ3v) is 3.78. The van der Waals surface area contributed by atoms with Crippen LogP contribution < -0.4 is 5.32 Å². The van der Waals surface area contributed by atoms with Crippen molar-refractivity contribution in [1.29, 1.82) is 0 Å². The van der Waals surface area contributed by atoms with Gasteiger partial charge < -0.3 is 5.32 Å². The maximum absolute atomic E-state index is 13.1. The highest BCUT2D eigenvalue weighted by Crippen LogP contribution is 2.20. The number of halogens is 2. The summed E-state index contributed by atoms with van der Waals surface area (Å²) in [5.74, 6) is 1.67. The fourth-order valence-electron chi connectivity index (χ4n) is 2.29. The van der Waals surface area contributed by atoms with Gasteiger partial charge in [0.25, 0.3) is 0 Å². The fraction of sp³-hybridized carbons (Fsp3) is 0.600. The Labute approximate surface area is 115 Å². The summed E-state index contributed by atoms with van der Waals surface area (Å²) < 4.78 is 13.1. The molecule has 0 aliphatic heterocycles. The molecule has 0 amide bonds. The standard InChI is InChI=1S/C15H23ClFN/c1-10(2)14(11(3)4)9-18-8-12-7-13(17)5-6-15(12)16/h5-7,10-11,14,18H,8-9H2,1-4H3. The SMILES string of the molecule is CC(C)C(CNCc1cc(F)ccc1Cl)C(C)C. The van der Waals surface area contributed by atoms with Gasteiger partial charge in [-0.3, -0.25) is 0 Å². The zero-order chi connectivity index (χ0) is 13.7. The number of hydrogen-bond acceptors (Lipinski definition) is 1. The van der Waals surface area contributed by atoms with Crippen LogP contribution in [0.5, 0.6) is 0 Å². The van der Waals surface area contributed by atoms with Crippen LogP contribution in [0.2, 0.25) is 5.02 Å². The van der Waals surface area contributed by atoms with Crippen LogP contribution in [0.1, 0.15) is 33.3 Å². The van der Waals surface area contributed by atoms with Gasteiger partial charge in [0.15, 0.2) is 0 Å². The van der Waals surface area contributed by atoms with E-state index in [1.165, 1.54) is 12.1 Å². The first kappa shape index (κ1) is 15.5. The molecule has 0 radical (unpaired) electrons. The van der Waals surface area contributed by atoms with E-state index in [9.17, 15) is 4.39 Å². The number of rotatable bonds is 6. The van der Waals surface area contributed by atoms with Crippen LogP contribution in [0.25, 0.3) is 0 Å². The summed E-state index contributed by atoms with van der Waals surface area (Å²) in [6.45, 7) is 10.5. The molecule has 0 unspecified atom stereocenters. The summed E-state index contributed by atoms with van der Waals surface area (Å²) >= 11 is 6.03. The summed E-state index contributed by atoms with van der Waals surface area (Å²) in [5.41, 5.74) is 0.822. The number of benzene rings is 1. The minimum Gasteiger partial charge on any atom is -0.312 e. The fourth-order valence-corrected chi connectivity index (χ4v) is 2.48. The molecule has 1 aromatic carbocycles. The van der Waals surface area contributed by atoms with Crippen molar-refractivity contribution < 1.29 is 4.39 Å². The quantitative estimate of drug-likeness (QED) is 0.803. The second-order valence-corrected chi connectivity index (χ2v) is 5.93. The minimum atomic E-state index is -0.236. The minimum absolute atomic E-state index is 0.236. The van der Waals surface area contributed by atoms with Gasteiger partial charge in [0.1, 0.15) is 5.82 Å². The Morgan fingerprint density at radius 2 is 1.78 bits per heavy atom. The lowest BCUT2D eigenvalue weighted by Gasteiger charge is -2.25. The maximum Gasteiger partial charge on any atom is 0.123 e. The molecule has 0 bridgehead atoms. The van der Waals surface area contributed by atoms with Gasteiger partial charge in [-0.15, -0.1) is 0 Å². The first-order chi connectivity index (χ1) is 8.41. The van der Waals surface area contributed by atoms with E-state index in [2.05, 4.69) is 33.0 Å². The average Bonchev–Trinajstić information content (AvgIpc) is 2.27. The molecule has 0 spiro atoms. The monoisotopic (exact) mass is 271 g/mol. The Balaban J connectivity index is 2.52. The lowest BCUT2D eigenvalue weighted by Crippen LogP contribution is -2.29. The predicted octanol–water partition coefficient (Wildman–Crippen LogP) is 4.50. The zero-order valence-electron chi connectivity index (χ0n) is 11.6. The summed E-state index contributed by atoms with van der Waals surface area (Å²) in [4.78, 5) is 0. The Morgan fingerprint density at radius 3 is 2.33 bits per heavy atom. The first-order valence-electron chi connectivity index (χ1n) is 6.56. The normalized spacial score (nSPS) is 11.8. The second kappa shape index (κ2) is 7.10. The van der Waals surface area contributed by atoms with Gasteiger partial charge in [-0.1, -0.05) is 39.3 Å². The molecule has 0 saturated carbocycles. The van der Waals surface area contributed by atoms with Gasteiger partial charge in [-0.25, -0.2) is 4.39 Å². The Bertz CT molecular complexity index is 369. The highest BCUT2D eigenvalue weighted by Gasteiger charge is 2.16. The zero-order valence-corrected chi connectivity index (χ0v) is 12.4. The third kappa shape index (κ3) is 4.58. The van der Waals surface area contributed by atoms with Crippen LogP contribution in [0.3, 0.4) is 0 Å². The second-order valence-electron chi connectivity index (χ2n) is 5.52. The summed E-state index contributed by atoms with van der Waals surface area (Å²) in [6, 6.07) is 4.49. The molecule has 0 aromatic heterocycles. The molecule has 0 aliphatic rings. The topological polar surface area (TPSA) is 12.0 Å². The molecule has 0 fully saturated rings. The van der Waals surface area contributed by atoms with Gasteiger partial charge in [-0.2, -0.15) is 0 Å². The van der Waals surface area contributed by atoms with E-state index >= 15 is 0 Å². The molecular weight excluding hydrogens is 249 g/mol. The molecule has 3 heteroatoms. The summed E-state index contributed by atoms with van der Waals surface area (Å²) in [7, 11) is 0. The number of hydrogen-bond donors (Lipinski definition) is 1. The molecular formula is C15H23ClFN. The Kier molecular flexibility index (Phi) is 6.10. The van der Waals surface area contributed by atoms with Crippen LogP contribution >= 0.6 is 11.6 Å². The van der Waals surface area contributed by atoms with E-state index < -0.39 is 0 Å². The highest BCUT2D eigenvalue weighted by molar-refractivity contribution is 6.31. The van der Waals surface area contributed by atoms with Crippen LogP contribution in [-0.2, 0) is 6.54 Å². The van der Waals surface area contributed by atoms with E-state index in [1.807, 2.05) is 0 Å². The van der Waals surface area contributed by atoms with Crippen molar-refractivity contribution in [2.45, 2.75) is 34.2 Å². The van der Waals surface area contributed by atoms with Crippen LogP contribution in [0.15, 0.2) is 18.2 Å². The van der Waals surface area contributed by atoms with E-state index in [0.29, 0.717) is 29.3 Å². The first-order valence-corrected chi connectivity index (χ1v) is 6.94. The van der Waals surface area contributed by atoms with Gasteiger partial charge in [-0.05, 0) is 48.1 Å². The molecule has 1 nitrogen and oxygen atoms in total. The van der Waals surface area contributed by atoms with Crippen LogP contribution in [0.4, 0.5) is 4.39 Å². The smallest absolute Gasteiger partial charge is 0.123 e. The molecule has 1 rings (SSSR count). The summed E-state index contributed by atoms with van der Waals surface area (Å²) in [5, 5.41) is 4.00. The van der Waals surface area contributed by atoms with E-state index in [1.54, 1.807) is 6.07 Å². The van der Waals surface area contributed by atoms with Crippen molar-refractivity contribution in [1.82, 2.24) is 5.32 Å². The van der Waals surface area contributed by atoms with E-state index in [4.69, 9.17) is 11.6 Å². The average molecular weight is 272 g/mol. The van der Waals surface area contributed by atoms with Gasteiger partial charge in [0.05, 0.1) is 0 Å². The van der Waals surface area contributed by atoms with Crippen molar-refractivity contribution >= 4 is 11.6 Å². The van der Waals surface area contributed by atoms with E-state index in [-0.39, 0.29) is 5.82 Å². The Hall–Kier alpha value is -0.600. The molecule has 0 saturated heterocycles. The van der Waals surface area contributed by atoms with Crippen molar-refractivity contribution in [3.63, 3.8) is 0 Å². The van der Waals surface area contributed by atoms with Crippen molar-refractivity contribution in [3.05, 3.63) is 34.6 Å². The molecule has 1 aromatic rings. The molecule has 18 heavy (non-hydrogen) atoms. The van der Waals surface area contributed by atoms with Crippen molar-refractivity contribution in [2.75, 3.05) is 6.54 Å². The van der Waals surface area contributed by atoms with Gasteiger partial charge in [0, 0.05) is 11.6 Å². The lowest BCUT2D eigenvalue weighted by molar-refractivity contribution is 0.275. The van der Waals surface area contributed by atoms with Crippen LogP contribution in [-0.4, -0.2) is 6.54 Å². The van der Waals surface area contributed by atoms with E-state index in [0.717, 1.165) is 12.1 Å². The van der Waals surface area contributed by atoms with Gasteiger partial charge in [0.2, 0.25) is 0 Å². The maximum atomic E-state index is 13.1.